The van der Waals surface area contributed by atoms with Gasteiger partial charge >= 0.3 is 5.97 Å². The van der Waals surface area contributed by atoms with Gasteiger partial charge in [0.15, 0.2) is 5.78 Å². The number of ether oxygens (including phenoxy) is 2. The van der Waals surface area contributed by atoms with Gasteiger partial charge in [-0.15, -0.1) is 0 Å². The predicted molar refractivity (Wildman–Crippen MR) is 84.1 cm³/mol. The van der Waals surface area contributed by atoms with Crippen LogP contribution in [0.15, 0.2) is 54.6 Å². The summed E-state index contributed by atoms with van der Waals surface area (Å²) in [6, 6.07) is 13.8. The van der Waals surface area contributed by atoms with Crippen LogP contribution in [0.3, 0.4) is 0 Å². The summed E-state index contributed by atoms with van der Waals surface area (Å²) < 4.78 is 10.4. The van der Waals surface area contributed by atoms with E-state index in [2.05, 4.69) is 0 Å². The number of benzene rings is 2. The van der Waals surface area contributed by atoms with Crippen LogP contribution in [0.25, 0.3) is 6.08 Å². The maximum Gasteiger partial charge on any atom is 0.336 e. The fourth-order valence-electron chi connectivity index (χ4n) is 1.89. The molecule has 0 spiro atoms. The second-order valence-corrected chi connectivity index (χ2v) is 4.58. The lowest BCUT2D eigenvalue weighted by atomic mass is 10.1. The van der Waals surface area contributed by atoms with E-state index in [-0.39, 0.29) is 5.78 Å². The quantitative estimate of drug-likeness (QED) is 0.367. The second-order valence-electron chi connectivity index (χ2n) is 4.58. The highest BCUT2D eigenvalue weighted by atomic mass is 16.5. The zero-order valence-electron chi connectivity index (χ0n) is 12.4. The normalized spacial score (nSPS) is 10.5. The Labute approximate surface area is 129 Å². The van der Waals surface area contributed by atoms with Crippen LogP contribution in [0.5, 0.6) is 11.5 Å². The Bertz CT molecular complexity index is 717. The van der Waals surface area contributed by atoms with Gasteiger partial charge in [-0.05, 0) is 31.2 Å². The molecule has 112 valence electrons. The maximum atomic E-state index is 11.8. The van der Waals surface area contributed by atoms with Crippen molar-refractivity contribution in [1.29, 1.82) is 0 Å². The SMILES string of the molecule is COc1ccccc1/C=C/C(=O)Oc1cccc(C(C)=O)c1. The Hall–Kier alpha value is -2.88. The van der Waals surface area contributed by atoms with Crippen molar-refractivity contribution in [2.45, 2.75) is 6.92 Å². The molecule has 0 aliphatic heterocycles. The zero-order valence-corrected chi connectivity index (χ0v) is 12.4. The van der Waals surface area contributed by atoms with Gasteiger partial charge in [0.1, 0.15) is 11.5 Å². The van der Waals surface area contributed by atoms with E-state index >= 15 is 0 Å². The van der Waals surface area contributed by atoms with Gasteiger partial charge in [-0.25, -0.2) is 4.79 Å². The molecule has 22 heavy (non-hydrogen) atoms. The largest absolute Gasteiger partial charge is 0.496 e. The standard InChI is InChI=1S/C18H16O4/c1-13(19)15-7-5-8-16(12-15)22-18(20)11-10-14-6-3-4-9-17(14)21-2/h3-12H,1-2H3/b11-10+. The summed E-state index contributed by atoms with van der Waals surface area (Å²) in [6.45, 7) is 1.46. The lowest BCUT2D eigenvalue weighted by molar-refractivity contribution is -0.128. The summed E-state index contributed by atoms with van der Waals surface area (Å²) in [5.41, 5.74) is 1.28. The minimum atomic E-state index is -0.522. The molecular weight excluding hydrogens is 280 g/mol. The van der Waals surface area contributed by atoms with Crippen molar-refractivity contribution >= 4 is 17.8 Å². The van der Waals surface area contributed by atoms with Crippen LogP contribution in [-0.4, -0.2) is 18.9 Å². The molecule has 0 atom stereocenters. The third kappa shape index (κ3) is 4.06. The van der Waals surface area contributed by atoms with Gasteiger partial charge in [-0.3, -0.25) is 4.79 Å². The van der Waals surface area contributed by atoms with Crippen molar-refractivity contribution in [3.8, 4) is 11.5 Å². The first-order valence-corrected chi connectivity index (χ1v) is 6.74. The minimum absolute atomic E-state index is 0.0811. The van der Waals surface area contributed by atoms with Crippen molar-refractivity contribution in [1.82, 2.24) is 0 Å². The molecule has 0 amide bonds. The topological polar surface area (TPSA) is 52.6 Å². The molecule has 4 nitrogen and oxygen atoms in total. The van der Waals surface area contributed by atoms with E-state index in [9.17, 15) is 9.59 Å². The molecule has 0 fully saturated rings. The van der Waals surface area contributed by atoms with Crippen LogP contribution in [0.2, 0.25) is 0 Å². The van der Waals surface area contributed by atoms with Gasteiger partial charge in [0, 0.05) is 17.2 Å². The minimum Gasteiger partial charge on any atom is -0.496 e. The van der Waals surface area contributed by atoms with E-state index in [0.29, 0.717) is 17.1 Å². The summed E-state index contributed by atoms with van der Waals surface area (Å²) >= 11 is 0. The number of hydrogen-bond donors (Lipinski definition) is 0. The Morgan fingerprint density at radius 3 is 2.55 bits per heavy atom. The average molecular weight is 296 g/mol. The molecule has 4 heteroatoms. The molecule has 0 N–H and O–H groups in total. The molecule has 2 aromatic rings. The Morgan fingerprint density at radius 2 is 1.82 bits per heavy atom. The van der Waals surface area contributed by atoms with Crippen LogP contribution in [-0.2, 0) is 4.79 Å². The highest BCUT2D eigenvalue weighted by molar-refractivity contribution is 5.95. The van der Waals surface area contributed by atoms with Gasteiger partial charge in [0.05, 0.1) is 7.11 Å². The van der Waals surface area contributed by atoms with Crippen LogP contribution < -0.4 is 9.47 Å². The molecule has 0 radical (unpaired) electrons. The Kier molecular flexibility index (Phi) is 5.09. The van der Waals surface area contributed by atoms with Gasteiger partial charge in [0.2, 0.25) is 0 Å². The fraction of sp³-hybridized carbons (Fsp3) is 0.111. The average Bonchev–Trinajstić information content (AvgIpc) is 2.53. The molecule has 0 unspecified atom stereocenters. The molecule has 0 aliphatic carbocycles. The number of carbonyl (C=O) groups is 2. The van der Waals surface area contributed by atoms with E-state index in [1.54, 1.807) is 37.5 Å². The summed E-state index contributed by atoms with van der Waals surface area (Å²) in [6.07, 6.45) is 2.94. The maximum absolute atomic E-state index is 11.8. The number of ketones is 1. The third-order valence-electron chi connectivity index (χ3n) is 3.00. The summed E-state index contributed by atoms with van der Waals surface area (Å²) in [5, 5.41) is 0. The third-order valence-corrected chi connectivity index (χ3v) is 3.00. The first kappa shape index (κ1) is 15.5. The lowest BCUT2D eigenvalue weighted by Gasteiger charge is -2.04. The summed E-state index contributed by atoms with van der Waals surface area (Å²) in [7, 11) is 1.57. The van der Waals surface area contributed by atoms with E-state index in [0.717, 1.165) is 5.56 Å². The van der Waals surface area contributed by atoms with Crippen LogP contribution >= 0.6 is 0 Å². The van der Waals surface area contributed by atoms with Crippen molar-refractivity contribution in [3.63, 3.8) is 0 Å². The number of rotatable bonds is 5. The number of hydrogen-bond acceptors (Lipinski definition) is 4. The first-order chi connectivity index (χ1) is 10.6. The predicted octanol–water partition coefficient (Wildman–Crippen LogP) is 3.52. The van der Waals surface area contributed by atoms with Gasteiger partial charge in [-0.1, -0.05) is 30.3 Å². The van der Waals surface area contributed by atoms with E-state index in [1.807, 2.05) is 18.2 Å². The van der Waals surface area contributed by atoms with Crippen LogP contribution in [0.1, 0.15) is 22.8 Å². The van der Waals surface area contributed by atoms with Crippen molar-refractivity contribution < 1.29 is 19.1 Å². The van der Waals surface area contributed by atoms with E-state index < -0.39 is 5.97 Å². The number of methoxy groups -OCH3 is 1. The molecule has 0 saturated heterocycles. The highest BCUT2D eigenvalue weighted by Crippen LogP contribution is 2.19. The van der Waals surface area contributed by atoms with Gasteiger partial charge in [-0.2, -0.15) is 0 Å². The smallest absolute Gasteiger partial charge is 0.336 e. The van der Waals surface area contributed by atoms with Gasteiger partial charge < -0.3 is 9.47 Å². The zero-order chi connectivity index (χ0) is 15.9. The molecule has 2 rings (SSSR count). The van der Waals surface area contributed by atoms with E-state index in [4.69, 9.17) is 9.47 Å². The molecule has 0 aliphatic rings. The van der Waals surface area contributed by atoms with E-state index in [1.165, 1.54) is 19.1 Å². The number of Topliss-reactive ketones (excluding diaryl/α,β-unsaturated/α-hetero) is 1. The molecule has 0 bridgehead atoms. The number of para-hydroxylation sites is 1. The van der Waals surface area contributed by atoms with Crippen LogP contribution in [0, 0.1) is 0 Å². The summed E-state index contributed by atoms with van der Waals surface area (Å²) in [4.78, 5) is 23.1. The second kappa shape index (κ2) is 7.22. The fourth-order valence-corrected chi connectivity index (χ4v) is 1.89. The Balaban J connectivity index is 2.08. The molecule has 2 aromatic carbocycles. The van der Waals surface area contributed by atoms with Gasteiger partial charge in [0.25, 0.3) is 0 Å². The number of esters is 1. The van der Waals surface area contributed by atoms with Crippen molar-refractivity contribution in [2.24, 2.45) is 0 Å². The first-order valence-electron chi connectivity index (χ1n) is 6.74. The molecule has 0 aromatic heterocycles. The Morgan fingerprint density at radius 1 is 1.05 bits per heavy atom. The lowest BCUT2D eigenvalue weighted by Crippen LogP contribution is -2.04. The van der Waals surface area contributed by atoms with Crippen molar-refractivity contribution in [2.75, 3.05) is 7.11 Å². The highest BCUT2D eigenvalue weighted by Gasteiger charge is 2.05. The summed E-state index contributed by atoms with van der Waals surface area (Å²) in [5.74, 6) is 0.404. The molecule has 0 heterocycles. The van der Waals surface area contributed by atoms with Crippen LogP contribution in [0.4, 0.5) is 0 Å². The monoisotopic (exact) mass is 296 g/mol. The molecule has 0 saturated carbocycles. The number of carbonyl (C=O) groups excluding carboxylic acids is 2. The van der Waals surface area contributed by atoms with Crippen molar-refractivity contribution in [3.05, 3.63) is 65.7 Å². The molecular formula is C18H16O4.